The molecule has 0 aliphatic rings. The van der Waals surface area contributed by atoms with Gasteiger partial charge in [-0.3, -0.25) is 0 Å². The fourth-order valence-corrected chi connectivity index (χ4v) is 6.52. The van der Waals surface area contributed by atoms with Crippen LogP contribution in [-0.2, 0) is 43.6 Å². The van der Waals surface area contributed by atoms with Crippen LogP contribution in [0.4, 0.5) is 0 Å². The van der Waals surface area contributed by atoms with Crippen molar-refractivity contribution in [1.29, 1.82) is 0 Å². The van der Waals surface area contributed by atoms with E-state index in [4.69, 9.17) is 0 Å². The Bertz CT molecular complexity index is 1220. The minimum Gasteiger partial charge on any atom is -0.809 e. The van der Waals surface area contributed by atoms with Gasteiger partial charge in [-0.15, -0.1) is 0 Å². The molecule has 0 aliphatic heterocycles. The van der Waals surface area contributed by atoms with E-state index in [2.05, 4.69) is 13.8 Å². The third-order valence-electron chi connectivity index (χ3n) is 7.68. The summed E-state index contributed by atoms with van der Waals surface area (Å²) >= 11 is 0. The fraction of sp³-hybridized carbons (Fsp3) is 0.647. The molecule has 2 aromatic rings. The Morgan fingerprint density at radius 3 is 0.804 bits per heavy atom. The summed E-state index contributed by atoms with van der Waals surface area (Å²) in [5.74, 6) is -4.00. The molecule has 2 atom stereocenters. The van der Waals surface area contributed by atoms with Gasteiger partial charge in [0.05, 0.1) is 0 Å². The molecule has 2 unspecified atom stereocenters. The van der Waals surface area contributed by atoms with Gasteiger partial charge in [-0.2, -0.15) is 0 Å². The molecule has 46 heavy (non-hydrogen) atoms. The molecular formula is C34H54Ca2O8P2. The third kappa shape index (κ3) is 13.4. The molecule has 0 heterocycles. The molecule has 0 saturated carbocycles. The van der Waals surface area contributed by atoms with Crippen molar-refractivity contribution in [2.75, 3.05) is 0 Å². The van der Waals surface area contributed by atoms with Crippen molar-refractivity contribution in [2.24, 2.45) is 0 Å². The van der Waals surface area contributed by atoms with E-state index in [0.717, 1.165) is 46.2 Å². The SMILES string of the molecule is CCc1c(C(C)(C)C)cc(C(O)P(=O)([O-])[O-])cc1C(C)(C)C.CCc1c(C(C)(C)C)cc(C(O)P(=O)([O-])[O-])cc1C(C)(C)C.[Ca+2].[Ca+2]. The van der Waals surface area contributed by atoms with E-state index in [1.165, 1.54) is 0 Å². The number of rotatable bonds is 6. The monoisotopic (exact) mass is 732 g/mol. The summed E-state index contributed by atoms with van der Waals surface area (Å²) in [6.45, 7) is 28.6. The number of benzene rings is 2. The largest absolute Gasteiger partial charge is 2.00 e. The zero-order valence-corrected chi connectivity index (χ0v) is 36.7. The van der Waals surface area contributed by atoms with Crippen LogP contribution in [0.1, 0.15) is 153 Å². The molecule has 0 fully saturated rings. The summed E-state index contributed by atoms with van der Waals surface area (Å²) in [6.07, 6.45) is 1.62. The van der Waals surface area contributed by atoms with E-state index in [0.29, 0.717) is 0 Å². The summed E-state index contributed by atoms with van der Waals surface area (Å²) in [4.78, 5) is 44.9. The van der Waals surface area contributed by atoms with Gasteiger partial charge >= 0.3 is 75.5 Å². The Hall–Kier alpha value is 1.18. The zero-order chi connectivity index (χ0) is 35.0. The van der Waals surface area contributed by atoms with Gasteiger partial charge in [0.1, 0.15) is 11.7 Å². The van der Waals surface area contributed by atoms with Crippen LogP contribution in [0.15, 0.2) is 24.3 Å². The summed E-state index contributed by atoms with van der Waals surface area (Å²) in [7, 11) is -10.2. The predicted octanol–water partition coefficient (Wildman–Crippen LogP) is 4.74. The van der Waals surface area contributed by atoms with Crippen LogP contribution < -0.4 is 19.6 Å². The minimum absolute atomic E-state index is 0. The molecule has 0 aromatic heterocycles. The maximum atomic E-state index is 11.2. The summed E-state index contributed by atoms with van der Waals surface area (Å²) in [6, 6.07) is 6.67. The van der Waals surface area contributed by atoms with Gasteiger partial charge in [0.15, 0.2) is 0 Å². The Morgan fingerprint density at radius 1 is 0.522 bits per heavy atom. The van der Waals surface area contributed by atoms with Crippen LogP contribution >= 0.6 is 15.2 Å². The van der Waals surface area contributed by atoms with Crippen molar-refractivity contribution in [1.82, 2.24) is 0 Å². The quantitative estimate of drug-likeness (QED) is 0.318. The molecular weight excluding hydrogens is 678 g/mol. The smallest absolute Gasteiger partial charge is 0.809 e. The minimum atomic E-state index is -5.09. The maximum Gasteiger partial charge on any atom is 2.00 e. The van der Waals surface area contributed by atoms with E-state index in [1.54, 1.807) is 24.3 Å². The first-order valence-electron chi connectivity index (χ1n) is 15.1. The molecule has 2 N–H and O–H groups in total. The van der Waals surface area contributed by atoms with Gasteiger partial charge in [0.25, 0.3) is 0 Å². The molecule has 0 aliphatic carbocycles. The van der Waals surface area contributed by atoms with Crippen LogP contribution in [0, 0.1) is 0 Å². The Balaban J connectivity index is 0. The Kier molecular flexibility index (Phi) is 18.9. The first-order valence-corrected chi connectivity index (χ1v) is 18.4. The summed E-state index contributed by atoms with van der Waals surface area (Å²) in [5.41, 5.74) is 5.71. The predicted molar refractivity (Wildman–Crippen MR) is 183 cm³/mol. The Labute approximate surface area is 337 Å². The number of aliphatic hydroxyl groups is 2. The van der Waals surface area contributed by atoms with Crippen molar-refractivity contribution in [2.45, 2.75) is 143 Å². The van der Waals surface area contributed by atoms with Gasteiger partial charge in [0.2, 0.25) is 0 Å². The Morgan fingerprint density at radius 2 is 0.696 bits per heavy atom. The van der Waals surface area contributed by atoms with E-state index >= 15 is 0 Å². The van der Waals surface area contributed by atoms with Gasteiger partial charge in [-0.05, 0) is 94.2 Å². The topological polar surface area (TPSA) is 167 Å². The van der Waals surface area contributed by atoms with Gasteiger partial charge in [-0.1, -0.05) is 121 Å². The maximum absolute atomic E-state index is 11.2. The first-order chi connectivity index (χ1) is 19.4. The third-order valence-corrected chi connectivity index (χ3v) is 9.47. The molecule has 0 spiro atoms. The molecule has 252 valence electrons. The van der Waals surface area contributed by atoms with Crippen LogP contribution in [0.25, 0.3) is 0 Å². The fourth-order valence-electron chi connectivity index (χ4n) is 5.49. The van der Waals surface area contributed by atoms with Gasteiger partial charge < -0.3 is 38.9 Å². The number of hydrogen-bond acceptors (Lipinski definition) is 8. The zero-order valence-electron chi connectivity index (χ0n) is 30.5. The number of aliphatic hydroxyl groups excluding tert-OH is 2. The van der Waals surface area contributed by atoms with Crippen molar-refractivity contribution in [3.63, 3.8) is 0 Å². The van der Waals surface area contributed by atoms with Crippen LogP contribution in [-0.4, -0.2) is 85.7 Å². The average Bonchev–Trinajstić information content (AvgIpc) is 2.83. The van der Waals surface area contributed by atoms with Crippen molar-refractivity contribution >= 4 is 90.7 Å². The standard InChI is InChI=1S/2C17H29O4P.2Ca/c2*1-8-12-13(16(2,3)4)9-11(15(18)22(19,20)21)10-14(12)17(5,6)7;;/h2*9-10,15,18H,8H2,1-7H3,(H2,19,20,21);;/q;;2*+2/p-4. The molecule has 0 bridgehead atoms. The molecule has 12 heteroatoms. The molecule has 2 aromatic carbocycles. The second-order valence-corrected chi connectivity index (χ2v) is 18.9. The van der Waals surface area contributed by atoms with Crippen molar-refractivity contribution < 1.29 is 38.9 Å². The molecule has 0 saturated heterocycles. The van der Waals surface area contributed by atoms with Gasteiger partial charge in [0, 0.05) is 0 Å². The second-order valence-electron chi connectivity index (χ2n) is 15.7. The normalized spacial score (nSPS) is 14.3. The molecule has 0 radical (unpaired) electrons. The molecule has 8 nitrogen and oxygen atoms in total. The number of hydrogen-bond donors (Lipinski definition) is 2. The van der Waals surface area contributed by atoms with Gasteiger partial charge in [-0.25, -0.2) is 0 Å². The van der Waals surface area contributed by atoms with Crippen molar-refractivity contribution in [3.8, 4) is 0 Å². The van der Waals surface area contributed by atoms with Crippen LogP contribution in [0.3, 0.4) is 0 Å². The first kappa shape index (κ1) is 49.3. The van der Waals surface area contributed by atoms with Crippen molar-refractivity contribution in [3.05, 3.63) is 68.8 Å². The van der Waals surface area contributed by atoms with E-state index < -0.39 is 26.9 Å². The van der Waals surface area contributed by atoms with Crippen LogP contribution in [0.2, 0.25) is 0 Å². The van der Waals surface area contributed by atoms with E-state index in [1.807, 2.05) is 83.1 Å². The molecule has 0 amide bonds. The second kappa shape index (κ2) is 17.6. The van der Waals surface area contributed by atoms with E-state index in [9.17, 15) is 38.9 Å². The van der Waals surface area contributed by atoms with E-state index in [-0.39, 0.29) is 108 Å². The summed E-state index contributed by atoms with van der Waals surface area (Å²) < 4.78 is 22.5. The molecule has 2 rings (SSSR count). The van der Waals surface area contributed by atoms with Crippen LogP contribution in [0.5, 0.6) is 0 Å². The average molecular weight is 733 g/mol. The summed E-state index contributed by atoms with van der Waals surface area (Å²) in [5, 5.41) is 19.8.